The lowest BCUT2D eigenvalue weighted by Gasteiger charge is -2.47. The molecule has 6 N–H and O–H groups in total. The maximum absolute atomic E-state index is 13.5. The third kappa shape index (κ3) is 9.08. The molecule has 6 fully saturated rings. The van der Waals surface area contributed by atoms with E-state index in [1.165, 1.54) is 19.3 Å². The number of aliphatic hydroxyl groups is 1. The van der Waals surface area contributed by atoms with Crippen molar-refractivity contribution in [3.8, 4) is 0 Å². The summed E-state index contributed by atoms with van der Waals surface area (Å²) in [7, 11) is 0. The quantitative estimate of drug-likeness (QED) is 0.167. The lowest BCUT2D eigenvalue weighted by atomic mass is 9.68. The van der Waals surface area contributed by atoms with Crippen LogP contribution in [0.3, 0.4) is 0 Å². The number of hydrogen-bond donors (Lipinski definition) is 6. The molecule has 13 heteroatoms. The van der Waals surface area contributed by atoms with Crippen molar-refractivity contribution < 1.29 is 24.2 Å². The summed E-state index contributed by atoms with van der Waals surface area (Å²) in [5, 5.41) is 28.4. The van der Waals surface area contributed by atoms with Crippen LogP contribution >= 0.6 is 0 Å². The van der Waals surface area contributed by atoms with Gasteiger partial charge in [-0.1, -0.05) is 27.2 Å². The molecule has 0 aromatic carbocycles. The standard InChI is InChI=1S/C35H64N8O5/c1-22(2)34(46)42-12-14-43(15-13-42)35-39-29(16-32(40-35)38-26-6-5-7-26)33(45)36-17-27(44)19-41-11-10-28-23(3)30(9-8-25(28)18-41)47-20-31-24(4)37-21-48-31/h22-32,35,37-40,44H,5-21H2,1-4H3,(H,36,45)/t23?,24?,25?,27-,28?,29?,30?,31?,32?,35?/m0/s1. The molecule has 13 nitrogen and oxygen atoms in total. The van der Waals surface area contributed by atoms with Crippen molar-refractivity contribution in [2.75, 3.05) is 65.7 Å². The Bertz CT molecular complexity index is 1060. The van der Waals surface area contributed by atoms with Crippen LogP contribution in [0.25, 0.3) is 0 Å². The number of aliphatic hydroxyl groups excluding tert-OH is 1. The molecule has 0 bridgehead atoms. The zero-order chi connectivity index (χ0) is 33.8. The van der Waals surface area contributed by atoms with Gasteiger partial charge in [-0.15, -0.1) is 0 Å². The van der Waals surface area contributed by atoms with Crippen LogP contribution in [0.1, 0.15) is 72.6 Å². The predicted octanol–water partition coefficient (Wildman–Crippen LogP) is 0.0546. The third-order valence-corrected chi connectivity index (χ3v) is 12.2. The Balaban J connectivity index is 0.939. The summed E-state index contributed by atoms with van der Waals surface area (Å²) < 4.78 is 12.2. The van der Waals surface area contributed by atoms with E-state index in [0.29, 0.717) is 75.3 Å². The number of rotatable bonds is 12. The molecule has 4 aliphatic heterocycles. The second-order valence-electron chi connectivity index (χ2n) is 15.9. The van der Waals surface area contributed by atoms with Gasteiger partial charge in [0, 0.05) is 70.2 Å². The number of likely N-dealkylation sites (tertiary alicyclic amines) is 1. The Hall–Kier alpha value is -1.42. The van der Waals surface area contributed by atoms with Gasteiger partial charge in [-0.25, -0.2) is 0 Å². The number of piperazine rings is 1. The average molecular weight is 677 g/mol. The van der Waals surface area contributed by atoms with Crippen molar-refractivity contribution in [2.24, 2.45) is 23.7 Å². The van der Waals surface area contributed by atoms with Gasteiger partial charge < -0.3 is 29.7 Å². The Morgan fingerprint density at radius 1 is 1.02 bits per heavy atom. The number of β-amino-alcohol motifs (C(OH)–C–C–N with tert-alkyl or cyclic N) is 1. The molecule has 6 rings (SSSR count). The number of hydrogen-bond acceptors (Lipinski definition) is 11. The van der Waals surface area contributed by atoms with Crippen LogP contribution < -0.4 is 26.6 Å². The predicted molar refractivity (Wildman–Crippen MR) is 184 cm³/mol. The van der Waals surface area contributed by atoms with E-state index < -0.39 is 6.10 Å². The van der Waals surface area contributed by atoms with E-state index in [9.17, 15) is 14.7 Å². The zero-order valence-corrected chi connectivity index (χ0v) is 29.9. The van der Waals surface area contributed by atoms with E-state index in [-0.39, 0.29) is 48.9 Å². The molecule has 48 heavy (non-hydrogen) atoms. The molecule has 274 valence electrons. The molecule has 2 amide bonds. The van der Waals surface area contributed by atoms with Crippen LogP contribution in [-0.4, -0.2) is 146 Å². The largest absolute Gasteiger partial charge is 0.390 e. The van der Waals surface area contributed by atoms with Crippen LogP contribution in [0.4, 0.5) is 0 Å². The molecule has 4 saturated heterocycles. The number of fused-ring (bicyclic) bond motifs is 1. The number of carbonyl (C=O) groups excluding carboxylic acids is 2. The highest BCUT2D eigenvalue weighted by molar-refractivity contribution is 5.82. The van der Waals surface area contributed by atoms with Crippen LogP contribution in [0, 0.1) is 23.7 Å². The number of carbonyl (C=O) groups is 2. The van der Waals surface area contributed by atoms with Crippen molar-refractivity contribution in [1.82, 2.24) is 41.3 Å². The highest BCUT2D eigenvalue weighted by Crippen LogP contribution is 2.41. The van der Waals surface area contributed by atoms with Gasteiger partial charge in [0.05, 0.1) is 43.9 Å². The van der Waals surface area contributed by atoms with Gasteiger partial charge in [0.15, 0.2) is 0 Å². The van der Waals surface area contributed by atoms with Crippen molar-refractivity contribution in [2.45, 2.75) is 122 Å². The Morgan fingerprint density at radius 2 is 1.81 bits per heavy atom. The molecular formula is C35H64N8O5. The second kappa shape index (κ2) is 16.7. The lowest BCUT2D eigenvalue weighted by molar-refractivity contribution is -0.137. The first-order chi connectivity index (χ1) is 23.1. The molecule has 0 spiro atoms. The van der Waals surface area contributed by atoms with E-state index in [2.05, 4.69) is 50.2 Å². The number of nitrogens with one attached hydrogen (secondary N) is 5. The molecule has 4 heterocycles. The molecule has 9 unspecified atom stereocenters. The monoisotopic (exact) mass is 676 g/mol. The highest BCUT2D eigenvalue weighted by Gasteiger charge is 2.42. The molecular weight excluding hydrogens is 612 g/mol. The number of ether oxygens (including phenoxy) is 2. The highest BCUT2D eigenvalue weighted by atomic mass is 16.6. The molecule has 6 aliphatic rings. The molecule has 2 aliphatic carbocycles. The van der Waals surface area contributed by atoms with Crippen LogP contribution in [0.2, 0.25) is 0 Å². The SMILES string of the molecule is CC(C)C(=O)N1CCN(C2NC(NC3CCC3)CC(C(=O)NC[C@H](O)CN3CCC4C(CCC(OCC5OCNC5C)C4C)C3)N2)CC1. The second-order valence-corrected chi connectivity index (χ2v) is 15.9. The van der Waals surface area contributed by atoms with Gasteiger partial charge in [0.1, 0.15) is 6.29 Å². The fourth-order valence-corrected chi connectivity index (χ4v) is 8.85. The fourth-order valence-electron chi connectivity index (χ4n) is 8.85. The smallest absolute Gasteiger partial charge is 0.237 e. The first-order valence-electron chi connectivity index (χ1n) is 19.1. The number of nitrogens with zero attached hydrogens (tertiary/aromatic N) is 3. The maximum Gasteiger partial charge on any atom is 0.237 e. The van der Waals surface area contributed by atoms with Crippen molar-refractivity contribution in [3.05, 3.63) is 0 Å². The Labute approximate surface area is 287 Å². The lowest BCUT2D eigenvalue weighted by Crippen LogP contribution is -2.72. The summed E-state index contributed by atoms with van der Waals surface area (Å²) >= 11 is 0. The summed E-state index contributed by atoms with van der Waals surface area (Å²) in [6, 6.07) is 0.463. The van der Waals surface area contributed by atoms with Gasteiger partial charge >= 0.3 is 0 Å². The van der Waals surface area contributed by atoms with Gasteiger partial charge in [-0.05, 0) is 63.3 Å². The number of amides is 2. The first-order valence-corrected chi connectivity index (χ1v) is 19.1. The third-order valence-electron chi connectivity index (χ3n) is 12.2. The minimum atomic E-state index is -0.613. The van der Waals surface area contributed by atoms with Gasteiger partial charge in [0.2, 0.25) is 11.8 Å². The summed E-state index contributed by atoms with van der Waals surface area (Å²) in [6.07, 6.45) is 7.28. The average Bonchev–Trinajstić information content (AvgIpc) is 3.48. The normalized spacial score (nSPS) is 37.6. The van der Waals surface area contributed by atoms with E-state index in [0.717, 1.165) is 45.4 Å². The summed E-state index contributed by atoms with van der Waals surface area (Å²) in [5.41, 5.74) is 0. The van der Waals surface area contributed by atoms with E-state index in [1.807, 2.05) is 18.7 Å². The van der Waals surface area contributed by atoms with Crippen LogP contribution in [0.5, 0.6) is 0 Å². The van der Waals surface area contributed by atoms with Gasteiger partial charge in [-0.3, -0.25) is 35.8 Å². The van der Waals surface area contributed by atoms with E-state index >= 15 is 0 Å². The molecule has 0 radical (unpaired) electrons. The van der Waals surface area contributed by atoms with E-state index in [1.54, 1.807) is 0 Å². The summed E-state index contributed by atoms with van der Waals surface area (Å²) in [6.45, 7) is 15.4. The maximum atomic E-state index is 13.5. The van der Waals surface area contributed by atoms with Crippen molar-refractivity contribution >= 4 is 11.8 Å². The molecule has 0 aromatic heterocycles. The topological polar surface area (TPSA) is 143 Å². The van der Waals surface area contributed by atoms with Crippen LogP contribution in [0.15, 0.2) is 0 Å². The first kappa shape index (κ1) is 36.4. The van der Waals surface area contributed by atoms with Crippen molar-refractivity contribution in [3.63, 3.8) is 0 Å². The van der Waals surface area contributed by atoms with Gasteiger partial charge in [-0.2, -0.15) is 0 Å². The van der Waals surface area contributed by atoms with Crippen molar-refractivity contribution in [1.29, 1.82) is 0 Å². The summed E-state index contributed by atoms with van der Waals surface area (Å²) in [5.74, 6) is 1.94. The van der Waals surface area contributed by atoms with Gasteiger partial charge in [0.25, 0.3) is 0 Å². The Morgan fingerprint density at radius 3 is 2.50 bits per heavy atom. The van der Waals surface area contributed by atoms with Crippen LogP contribution in [-0.2, 0) is 19.1 Å². The molecule has 2 saturated carbocycles. The zero-order valence-electron chi connectivity index (χ0n) is 29.9. The van der Waals surface area contributed by atoms with E-state index in [4.69, 9.17) is 9.47 Å². The summed E-state index contributed by atoms with van der Waals surface area (Å²) in [4.78, 5) is 32.7. The Kier molecular flexibility index (Phi) is 12.7. The minimum absolute atomic E-state index is 0.00186. The molecule has 10 atom stereocenters. The molecule has 0 aromatic rings. The fraction of sp³-hybridized carbons (Fsp3) is 0.943. The minimum Gasteiger partial charge on any atom is -0.390 e. The number of piperidine rings is 1.